The molecule has 0 bridgehead atoms. The van der Waals surface area contributed by atoms with Crippen molar-refractivity contribution in [2.45, 2.75) is 182 Å². The summed E-state index contributed by atoms with van der Waals surface area (Å²) in [6, 6.07) is 20.2. The lowest BCUT2D eigenvalue weighted by Gasteiger charge is -2.45. The first kappa shape index (κ1) is 63.4. The van der Waals surface area contributed by atoms with E-state index in [0.29, 0.717) is 49.6 Å². The number of hydrogen-bond donors (Lipinski definition) is 3. The quantitative estimate of drug-likeness (QED) is 0.126. The van der Waals surface area contributed by atoms with Gasteiger partial charge >= 0.3 is 0 Å². The maximum atomic E-state index is 14.3. The van der Waals surface area contributed by atoms with Gasteiger partial charge in [0.15, 0.2) is 34.5 Å². The number of nitrogens with two attached hydrogens (primary N) is 3. The molecule has 19 nitrogen and oxygen atoms in total. The third-order valence-electron chi connectivity index (χ3n) is 23.9. The van der Waals surface area contributed by atoms with Crippen molar-refractivity contribution >= 4 is 51.5 Å². The van der Waals surface area contributed by atoms with Gasteiger partial charge in [0.25, 0.3) is 17.7 Å². The summed E-state index contributed by atoms with van der Waals surface area (Å²) in [6.45, 7) is 3.63. The van der Waals surface area contributed by atoms with Crippen molar-refractivity contribution in [2.24, 2.45) is 54.3 Å². The summed E-state index contributed by atoms with van der Waals surface area (Å²) in [6.07, 6.45) is 22.2. The Hall–Kier alpha value is -6.64. The van der Waals surface area contributed by atoms with E-state index in [4.69, 9.17) is 60.6 Å². The highest BCUT2D eigenvalue weighted by molar-refractivity contribution is 9.10. The first-order valence-corrected chi connectivity index (χ1v) is 34.9. The number of pyridine rings is 1. The lowest BCUT2D eigenvalue weighted by atomic mass is 9.61. The molecular weight excluding hydrogens is 1260 g/mol. The number of hydrogen-bond acceptors (Lipinski definition) is 16. The first-order chi connectivity index (χ1) is 45.5. The molecule has 6 atom stereocenters. The number of methoxy groups -OCH3 is 3. The Labute approximate surface area is 557 Å². The number of carbonyl (C=O) groups excluding carboxylic acids is 3. The molecule has 4 saturated carbocycles. The zero-order valence-electron chi connectivity index (χ0n) is 54.1. The second-order valence-corrected chi connectivity index (χ2v) is 29.7. The van der Waals surface area contributed by atoms with Crippen molar-refractivity contribution in [1.82, 2.24) is 19.7 Å². The number of amides is 3. The molecule has 7 fully saturated rings. The zero-order valence-corrected chi connectivity index (χ0v) is 55.7. The molecule has 21 heteroatoms. The van der Waals surface area contributed by atoms with Crippen LogP contribution in [0.25, 0.3) is 11.1 Å². The average molecular weight is 1350 g/mol. The van der Waals surface area contributed by atoms with Crippen molar-refractivity contribution in [1.29, 1.82) is 0 Å². The summed E-state index contributed by atoms with van der Waals surface area (Å²) in [5.74, 6) is 7.75. The number of ether oxygens (including phenoxy) is 6. The standard InChI is InChI=1S/C26H29FN4O3.C26H31N3O3.C21H26BrN3O3/c1-33-20-4-7-25(8-5-20)12-17-3-2-16(18-10-19(27)14-29-13-18)11-22(17)26(25)23(32)31(24(28)30-26)15-21-6-9-34-21;1-31-20-8-11-25(12-9-20)15-19-7-6-18(5-4-17-2-3-17)14-22(19)26(25)23(30)29(24(27)28-26)16-21-10-13-32-21;1-27-15-4-7-20(8-5-15)11-13-2-3-14(22)10-17(13)21(20)18(26)25(19(23)24-21)12-16-6-9-28-16/h2-3,10-11,13-14,20-21H,4-9,12,15H2,1H3,(H2,28,30);6-7,14,17,20-21H,2-3,8-13,15-16H2,1H3,(H2,27,28);2-3,10,15-16H,4-9,11-12H2,1H3,(H2,23,24). The molecule has 94 heavy (non-hydrogen) atoms. The Morgan fingerprint density at radius 3 is 1.30 bits per heavy atom. The Morgan fingerprint density at radius 1 is 0.521 bits per heavy atom. The molecule has 3 saturated heterocycles. The topological polar surface area (TPSA) is 244 Å². The second-order valence-electron chi connectivity index (χ2n) is 28.8. The molecule has 17 rings (SSSR count). The van der Waals surface area contributed by atoms with Crippen molar-refractivity contribution in [3.63, 3.8) is 0 Å². The molecule has 496 valence electrons. The van der Waals surface area contributed by atoms with Gasteiger partial charge in [-0.15, -0.1) is 0 Å². The molecule has 7 heterocycles. The van der Waals surface area contributed by atoms with E-state index in [0.717, 1.165) is 167 Å². The van der Waals surface area contributed by atoms with Gasteiger partial charge in [-0.05, 0) is 204 Å². The van der Waals surface area contributed by atoms with Crippen LogP contribution in [-0.4, -0.2) is 153 Å². The van der Waals surface area contributed by atoms with Gasteiger partial charge in [0.1, 0.15) is 5.82 Å². The number of aliphatic imine (C=N–C) groups is 3. The third kappa shape index (κ3) is 10.3. The van der Waals surface area contributed by atoms with Crippen LogP contribution in [0.4, 0.5) is 4.39 Å². The molecule has 4 aromatic rings. The predicted octanol–water partition coefficient (Wildman–Crippen LogP) is 8.60. The molecule has 3 amide bonds. The first-order valence-electron chi connectivity index (χ1n) is 34.1. The van der Waals surface area contributed by atoms with Crippen molar-refractivity contribution in [3.05, 3.63) is 122 Å². The lowest BCUT2D eigenvalue weighted by molar-refractivity contribution is -0.142. The third-order valence-corrected chi connectivity index (χ3v) is 24.4. The number of rotatable bonds is 10. The maximum absolute atomic E-state index is 14.3. The van der Waals surface area contributed by atoms with Gasteiger partial charge in [-0.2, -0.15) is 0 Å². The smallest absolute Gasteiger partial charge is 0.262 e. The molecular formula is C73H86BrFN10O9. The predicted molar refractivity (Wildman–Crippen MR) is 354 cm³/mol. The molecule has 13 aliphatic rings. The molecule has 7 aliphatic carbocycles. The van der Waals surface area contributed by atoms with Gasteiger partial charge in [-0.1, -0.05) is 52.0 Å². The highest BCUT2D eigenvalue weighted by Crippen LogP contribution is 2.65. The van der Waals surface area contributed by atoms with Crippen LogP contribution >= 0.6 is 15.9 Å². The van der Waals surface area contributed by atoms with Gasteiger partial charge in [0.05, 0.1) is 62.5 Å². The number of fused-ring (bicyclic) bond motifs is 9. The van der Waals surface area contributed by atoms with E-state index in [9.17, 15) is 18.8 Å². The monoisotopic (exact) mass is 1340 g/mol. The molecule has 1 aromatic heterocycles. The molecule has 6 N–H and O–H groups in total. The molecule has 3 aromatic carbocycles. The van der Waals surface area contributed by atoms with Gasteiger partial charge in [0, 0.05) is 85.1 Å². The SMILES string of the molecule is COC1CCC2(CC1)Cc1ccc(-c3cncc(F)c3)cc1C21N=C(N)N(CC2CCO2)C1=O.COC1CCC2(CC1)Cc1ccc(Br)cc1C21N=C(N)N(CC2CCO2)C1=O.COC1CCC2(CC1)Cc1ccc(C#CC3CC3)cc1C21N=C(N)N(CC2CCO2)C1=O. The summed E-state index contributed by atoms with van der Waals surface area (Å²) < 4.78 is 48.6. The van der Waals surface area contributed by atoms with Gasteiger partial charge in [-0.3, -0.25) is 34.1 Å². The van der Waals surface area contributed by atoms with Crippen LogP contribution < -0.4 is 17.2 Å². The summed E-state index contributed by atoms with van der Waals surface area (Å²) in [4.78, 5) is 66.4. The van der Waals surface area contributed by atoms with Crippen LogP contribution in [0.5, 0.6) is 0 Å². The van der Waals surface area contributed by atoms with Gasteiger partial charge in [0.2, 0.25) is 0 Å². The highest BCUT2D eigenvalue weighted by atomic mass is 79.9. The fraction of sp³-hybridized carbons (Fsp3) is 0.575. The summed E-state index contributed by atoms with van der Waals surface area (Å²) in [5, 5.41) is 0. The van der Waals surface area contributed by atoms with Crippen molar-refractivity contribution < 1.29 is 47.2 Å². The Morgan fingerprint density at radius 2 is 0.915 bits per heavy atom. The van der Waals surface area contributed by atoms with E-state index in [1.165, 1.54) is 36.2 Å². The number of aromatic nitrogens is 1. The Bertz CT molecular complexity index is 3830. The van der Waals surface area contributed by atoms with E-state index in [2.05, 4.69) is 75.2 Å². The van der Waals surface area contributed by atoms with E-state index >= 15 is 0 Å². The fourth-order valence-corrected chi connectivity index (χ4v) is 18.6. The molecule has 0 radical (unpaired) electrons. The van der Waals surface area contributed by atoms with Crippen molar-refractivity contribution in [3.8, 4) is 23.0 Å². The van der Waals surface area contributed by atoms with Crippen LogP contribution in [0, 0.1) is 39.8 Å². The number of carbonyl (C=O) groups is 3. The number of benzene rings is 3. The summed E-state index contributed by atoms with van der Waals surface area (Å²) in [5.41, 5.74) is 24.3. The average Bonchev–Trinajstić information content (AvgIpc) is 1.54. The van der Waals surface area contributed by atoms with Crippen LogP contribution in [0.15, 0.2) is 92.5 Å². The van der Waals surface area contributed by atoms with E-state index in [1.54, 1.807) is 42.2 Å². The van der Waals surface area contributed by atoms with E-state index in [1.807, 2.05) is 12.1 Å². The summed E-state index contributed by atoms with van der Waals surface area (Å²) >= 11 is 3.59. The maximum Gasteiger partial charge on any atom is 0.262 e. The molecule has 6 spiro atoms. The Kier molecular flexibility index (Phi) is 16.5. The van der Waals surface area contributed by atoms with Crippen molar-refractivity contribution in [2.75, 3.05) is 60.8 Å². The minimum absolute atomic E-state index is 0.00129. The van der Waals surface area contributed by atoms with Gasteiger partial charge in [-0.25, -0.2) is 19.4 Å². The molecule has 6 unspecified atom stereocenters. The lowest BCUT2D eigenvalue weighted by Crippen LogP contribution is -2.54. The number of guanidine groups is 3. The largest absolute Gasteiger partial charge is 0.381 e. The highest BCUT2D eigenvalue weighted by Gasteiger charge is 2.70. The number of halogens is 2. The second kappa shape index (κ2) is 24.5. The number of nitrogens with zero attached hydrogens (tertiary/aromatic N) is 7. The normalized spacial score (nSPS) is 34.7. The van der Waals surface area contributed by atoms with E-state index in [-0.39, 0.29) is 76.5 Å². The zero-order chi connectivity index (χ0) is 64.9. The minimum atomic E-state index is -1.08. The van der Waals surface area contributed by atoms with Crippen LogP contribution in [0.1, 0.15) is 148 Å². The van der Waals surface area contributed by atoms with E-state index < -0.39 is 22.4 Å². The van der Waals surface area contributed by atoms with Gasteiger partial charge < -0.3 is 45.6 Å². The van der Waals surface area contributed by atoms with Crippen LogP contribution in [0.2, 0.25) is 0 Å². The Balaban J connectivity index is 0.000000117. The van der Waals surface area contributed by atoms with Crippen LogP contribution in [0.3, 0.4) is 0 Å². The van der Waals surface area contributed by atoms with Crippen LogP contribution in [-0.2, 0) is 78.7 Å². The fourth-order valence-electron chi connectivity index (χ4n) is 18.2. The summed E-state index contributed by atoms with van der Waals surface area (Å²) in [7, 11) is 5.30. The molecule has 6 aliphatic heterocycles. The minimum Gasteiger partial charge on any atom is -0.381 e.